The minimum atomic E-state index is 0.0422. The fraction of sp³-hybridized carbons (Fsp3) is 0.857. The van der Waals surface area contributed by atoms with Crippen LogP contribution in [-0.4, -0.2) is 49.5 Å². The van der Waals surface area contributed by atoms with E-state index in [2.05, 4.69) is 15.6 Å². The molecule has 0 atom stereocenters. The Hall–Kier alpha value is -1.26. The quantitative estimate of drug-likeness (QED) is 0.592. The van der Waals surface area contributed by atoms with Crippen LogP contribution >= 0.6 is 0 Å². The first-order valence-electron chi connectivity index (χ1n) is 7.43. The van der Waals surface area contributed by atoms with Gasteiger partial charge in [0.05, 0.1) is 0 Å². The van der Waals surface area contributed by atoms with Crippen LogP contribution in [0.2, 0.25) is 0 Å². The number of nitrogens with zero attached hydrogens (tertiary/aromatic N) is 2. The topological polar surface area (TPSA) is 56.7 Å². The van der Waals surface area contributed by atoms with E-state index in [1.807, 2.05) is 0 Å². The maximum Gasteiger partial charge on any atom is 0.243 e. The van der Waals surface area contributed by atoms with Crippen molar-refractivity contribution in [3.05, 3.63) is 0 Å². The van der Waals surface area contributed by atoms with E-state index in [1.54, 1.807) is 19.0 Å². The van der Waals surface area contributed by atoms with Gasteiger partial charge in [-0.1, -0.05) is 19.3 Å². The van der Waals surface area contributed by atoms with Gasteiger partial charge in [0.1, 0.15) is 6.54 Å². The van der Waals surface area contributed by atoms with E-state index in [0.717, 1.165) is 5.96 Å². The Balaban J connectivity index is 1.86. The molecule has 19 heavy (non-hydrogen) atoms. The van der Waals surface area contributed by atoms with Crippen molar-refractivity contribution < 1.29 is 4.79 Å². The molecule has 108 valence electrons. The van der Waals surface area contributed by atoms with Crippen molar-refractivity contribution in [3.63, 3.8) is 0 Å². The Kier molecular flexibility index (Phi) is 5.05. The van der Waals surface area contributed by atoms with Crippen molar-refractivity contribution in [1.82, 2.24) is 15.5 Å². The van der Waals surface area contributed by atoms with Gasteiger partial charge in [-0.25, -0.2) is 4.99 Å². The molecule has 2 fully saturated rings. The van der Waals surface area contributed by atoms with Gasteiger partial charge in [0, 0.05) is 26.2 Å². The van der Waals surface area contributed by atoms with Crippen molar-refractivity contribution in [3.8, 4) is 0 Å². The van der Waals surface area contributed by atoms with Crippen molar-refractivity contribution in [2.24, 2.45) is 4.99 Å². The van der Waals surface area contributed by atoms with Crippen LogP contribution in [0.5, 0.6) is 0 Å². The van der Waals surface area contributed by atoms with Gasteiger partial charge in [-0.2, -0.15) is 0 Å². The summed E-state index contributed by atoms with van der Waals surface area (Å²) in [6.45, 7) is 0.224. The Morgan fingerprint density at radius 3 is 2.16 bits per heavy atom. The summed E-state index contributed by atoms with van der Waals surface area (Å²) < 4.78 is 0. The van der Waals surface area contributed by atoms with E-state index in [0.29, 0.717) is 12.1 Å². The minimum absolute atomic E-state index is 0.0422. The van der Waals surface area contributed by atoms with Crippen LogP contribution in [-0.2, 0) is 4.79 Å². The standard InChI is InChI=1S/C14H26N4O/c1-18(2)13(19)10-15-14(17-12-8-9-12)16-11-6-4-3-5-7-11/h11-12H,3-10H2,1-2H3,(H2,15,16,17). The third kappa shape index (κ3) is 5.09. The highest BCUT2D eigenvalue weighted by Gasteiger charge is 2.24. The van der Waals surface area contributed by atoms with Crippen LogP contribution in [0, 0.1) is 0 Å². The second-order valence-corrected chi connectivity index (χ2v) is 5.85. The highest BCUT2D eigenvalue weighted by Crippen LogP contribution is 2.20. The lowest BCUT2D eigenvalue weighted by Crippen LogP contribution is -2.45. The van der Waals surface area contributed by atoms with Crippen LogP contribution in [0.1, 0.15) is 44.9 Å². The van der Waals surface area contributed by atoms with Crippen LogP contribution in [0.4, 0.5) is 0 Å². The SMILES string of the molecule is CN(C)C(=O)CN=C(NC1CCCCC1)NC1CC1. The molecule has 2 saturated carbocycles. The van der Waals surface area contributed by atoms with Crippen LogP contribution < -0.4 is 10.6 Å². The molecule has 0 saturated heterocycles. The number of guanidine groups is 1. The Labute approximate surface area is 115 Å². The molecule has 0 aromatic carbocycles. The minimum Gasteiger partial charge on any atom is -0.354 e. The van der Waals surface area contributed by atoms with Gasteiger partial charge in [-0.3, -0.25) is 4.79 Å². The van der Waals surface area contributed by atoms with E-state index in [4.69, 9.17) is 0 Å². The number of carbonyl (C=O) groups is 1. The molecular weight excluding hydrogens is 240 g/mol. The summed E-state index contributed by atoms with van der Waals surface area (Å²) in [4.78, 5) is 17.6. The Morgan fingerprint density at radius 1 is 1.05 bits per heavy atom. The average Bonchev–Trinajstić information content (AvgIpc) is 3.20. The summed E-state index contributed by atoms with van der Waals surface area (Å²) in [5, 5.41) is 6.89. The molecule has 1 amide bonds. The zero-order chi connectivity index (χ0) is 13.7. The van der Waals surface area contributed by atoms with Crippen molar-refractivity contribution >= 4 is 11.9 Å². The lowest BCUT2D eigenvalue weighted by atomic mass is 9.96. The number of aliphatic imine (C=N–C) groups is 1. The molecule has 0 aliphatic heterocycles. The fourth-order valence-electron chi connectivity index (χ4n) is 2.28. The third-order valence-electron chi connectivity index (χ3n) is 3.74. The van der Waals surface area contributed by atoms with Crippen LogP contribution in [0.15, 0.2) is 4.99 Å². The van der Waals surface area contributed by atoms with E-state index in [-0.39, 0.29) is 12.5 Å². The Bertz CT molecular complexity index is 330. The molecule has 0 bridgehead atoms. The summed E-state index contributed by atoms with van der Waals surface area (Å²) in [7, 11) is 3.53. The maximum atomic E-state index is 11.6. The number of rotatable bonds is 4. The summed E-state index contributed by atoms with van der Waals surface area (Å²) in [5.41, 5.74) is 0. The maximum absolute atomic E-state index is 11.6. The first kappa shape index (κ1) is 14.2. The summed E-state index contributed by atoms with van der Waals surface area (Å²) in [6, 6.07) is 1.08. The molecule has 0 unspecified atom stereocenters. The smallest absolute Gasteiger partial charge is 0.243 e. The highest BCUT2D eigenvalue weighted by atomic mass is 16.2. The molecule has 0 aromatic rings. The number of nitrogens with one attached hydrogen (secondary N) is 2. The molecule has 0 aromatic heterocycles. The first-order valence-corrected chi connectivity index (χ1v) is 7.43. The number of hydrogen-bond donors (Lipinski definition) is 2. The predicted octanol–water partition coefficient (Wildman–Crippen LogP) is 1.10. The summed E-state index contributed by atoms with van der Waals surface area (Å²) in [6.07, 6.45) is 8.80. The molecule has 2 aliphatic carbocycles. The third-order valence-corrected chi connectivity index (χ3v) is 3.74. The second kappa shape index (κ2) is 6.78. The molecule has 0 heterocycles. The van der Waals surface area contributed by atoms with Gasteiger partial charge in [-0.15, -0.1) is 0 Å². The van der Waals surface area contributed by atoms with Crippen molar-refractivity contribution in [1.29, 1.82) is 0 Å². The lowest BCUT2D eigenvalue weighted by molar-refractivity contribution is -0.127. The van der Waals surface area contributed by atoms with Gasteiger partial charge in [-0.05, 0) is 25.7 Å². The van der Waals surface area contributed by atoms with Gasteiger partial charge in [0.2, 0.25) is 5.91 Å². The number of carbonyl (C=O) groups excluding carboxylic acids is 1. The van der Waals surface area contributed by atoms with E-state index < -0.39 is 0 Å². The number of likely N-dealkylation sites (N-methyl/N-ethyl adjacent to an activating group) is 1. The fourth-order valence-corrected chi connectivity index (χ4v) is 2.28. The van der Waals surface area contributed by atoms with E-state index >= 15 is 0 Å². The number of hydrogen-bond acceptors (Lipinski definition) is 2. The van der Waals surface area contributed by atoms with E-state index in [1.165, 1.54) is 44.9 Å². The van der Waals surface area contributed by atoms with Gasteiger partial charge < -0.3 is 15.5 Å². The van der Waals surface area contributed by atoms with Crippen molar-refractivity contribution in [2.75, 3.05) is 20.6 Å². The molecule has 0 spiro atoms. The van der Waals surface area contributed by atoms with E-state index in [9.17, 15) is 4.79 Å². The monoisotopic (exact) mass is 266 g/mol. The van der Waals surface area contributed by atoms with Crippen LogP contribution in [0.25, 0.3) is 0 Å². The second-order valence-electron chi connectivity index (χ2n) is 5.85. The van der Waals surface area contributed by atoms with Crippen molar-refractivity contribution in [2.45, 2.75) is 57.0 Å². The van der Waals surface area contributed by atoms with Gasteiger partial charge in [0.15, 0.2) is 5.96 Å². The average molecular weight is 266 g/mol. The largest absolute Gasteiger partial charge is 0.354 e. The molecule has 5 nitrogen and oxygen atoms in total. The highest BCUT2D eigenvalue weighted by molar-refractivity contribution is 5.85. The number of amides is 1. The first-order chi connectivity index (χ1) is 9.15. The molecule has 5 heteroatoms. The molecule has 2 N–H and O–H groups in total. The summed E-state index contributed by atoms with van der Waals surface area (Å²) in [5.74, 6) is 0.866. The lowest BCUT2D eigenvalue weighted by Gasteiger charge is -2.25. The Morgan fingerprint density at radius 2 is 1.63 bits per heavy atom. The molecule has 0 radical (unpaired) electrons. The van der Waals surface area contributed by atoms with Crippen LogP contribution in [0.3, 0.4) is 0 Å². The predicted molar refractivity (Wildman–Crippen MR) is 77.2 cm³/mol. The normalized spacial score (nSPS) is 21.1. The molecular formula is C14H26N4O. The molecule has 2 rings (SSSR count). The zero-order valence-electron chi connectivity index (χ0n) is 12.1. The molecule has 2 aliphatic rings. The zero-order valence-corrected chi connectivity index (χ0v) is 12.1. The van der Waals surface area contributed by atoms with Gasteiger partial charge in [0.25, 0.3) is 0 Å². The van der Waals surface area contributed by atoms with Gasteiger partial charge >= 0.3 is 0 Å². The summed E-state index contributed by atoms with van der Waals surface area (Å²) >= 11 is 0.